The van der Waals surface area contributed by atoms with Crippen LogP contribution >= 0.6 is 11.3 Å². The number of pyridine rings is 1. The van der Waals surface area contributed by atoms with Gasteiger partial charge in [-0.25, -0.2) is 0 Å². The number of aryl methyl sites for hydroxylation is 1. The standard InChI is InChI=1S/C17H17NOS/c19-16(10-2-7-14-8-4-12-20-14)15-9-1-5-13-6-3-11-18-17(13)15/h1,3-6,8-9,11-12,16,19H,2,7,10H2. The van der Waals surface area contributed by atoms with Crippen LogP contribution < -0.4 is 0 Å². The first-order valence-electron chi connectivity index (χ1n) is 6.89. The molecular formula is C17H17NOS. The largest absolute Gasteiger partial charge is 0.388 e. The van der Waals surface area contributed by atoms with E-state index < -0.39 is 6.10 Å². The Hall–Kier alpha value is -1.71. The molecule has 1 aromatic carbocycles. The number of para-hydroxylation sites is 1. The molecule has 0 aliphatic rings. The minimum Gasteiger partial charge on any atom is -0.388 e. The first-order chi connectivity index (χ1) is 9.84. The highest BCUT2D eigenvalue weighted by Crippen LogP contribution is 2.26. The topological polar surface area (TPSA) is 33.1 Å². The predicted molar refractivity (Wildman–Crippen MR) is 84.0 cm³/mol. The molecule has 2 aromatic heterocycles. The molecule has 0 spiro atoms. The van der Waals surface area contributed by atoms with Gasteiger partial charge in [0.2, 0.25) is 0 Å². The first kappa shape index (κ1) is 13.3. The summed E-state index contributed by atoms with van der Waals surface area (Å²) in [6.45, 7) is 0. The SMILES string of the molecule is OC(CCCc1cccs1)c1cccc2cccnc12. The van der Waals surface area contributed by atoms with E-state index in [1.807, 2.05) is 30.3 Å². The molecule has 0 fully saturated rings. The summed E-state index contributed by atoms with van der Waals surface area (Å²) in [4.78, 5) is 5.78. The fourth-order valence-electron chi connectivity index (χ4n) is 2.48. The van der Waals surface area contributed by atoms with E-state index in [1.54, 1.807) is 17.5 Å². The molecule has 20 heavy (non-hydrogen) atoms. The Kier molecular flexibility index (Phi) is 4.09. The Morgan fingerprint density at radius 3 is 2.85 bits per heavy atom. The third kappa shape index (κ3) is 2.89. The smallest absolute Gasteiger partial charge is 0.0811 e. The fourth-order valence-corrected chi connectivity index (χ4v) is 3.23. The molecule has 0 aliphatic heterocycles. The van der Waals surface area contributed by atoms with Gasteiger partial charge in [0.15, 0.2) is 0 Å². The molecule has 0 radical (unpaired) electrons. The Morgan fingerprint density at radius 1 is 1.10 bits per heavy atom. The van der Waals surface area contributed by atoms with Crippen molar-refractivity contribution in [3.63, 3.8) is 0 Å². The maximum Gasteiger partial charge on any atom is 0.0811 e. The Bertz CT molecular complexity index is 673. The lowest BCUT2D eigenvalue weighted by atomic mass is 10.0. The van der Waals surface area contributed by atoms with Crippen molar-refractivity contribution in [2.45, 2.75) is 25.4 Å². The highest BCUT2D eigenvalue weighted by Gasteiger charge is 2.11. The normalized spacial score (nSPS) is 12.7. The average molecular weight is 283 g/mol. The lowest BCUT2D eigenvalue weighted by Crippen LogP contribution is -2.00. The number of hydrogen-bond acceptors (Lipinski definition) is 3. The van der Waals surface area contributed by atoms with E-state index in [4.69, 9.17) is 0 Å². The highest BCUT2D eigenvalue weighted by atomic mass is 32.1. The molecule has 2 nitrogen and oxygen atoms in total. The van der Waals surface area contributed by atoms with Gasteiger partial charge in [0, 0.05) is 22.0 Å². The number of aliphatic hydroxyl groups is 1. The summed E-state index contributed by atoms with van der Waals surface area (Å²) < 4.78 is 0. The summed E-state index contributed by atoms with van der Waals surface area (Å²) in [6, 6.07) is 14.2. The van der Waals surface area contributed by atoms with Crippen LogP contribution in [-0.2, 0) is 6.42 Å². The predicted octanol–water partition coefficient (Wildman–Crippen LogP) is 4.35. The zero-order chi connectivity index (χ0) is 13.8. The van der Waals surface area contributed by atoms with Gasteiger partial charge in [0.05, 0.1) is 11.6 Å². The van der Waals surface area contributed by atoms with E-state index in [1.165, 1.54) is 4.88 Å². The van der Waals surface area contributed by atoms with Crippen molar-refractivity contribution in [2.75, 3.05) is 0 Å². The number of aliphatic hydroxyl groups excluding tert-OH is 1. The molecule has 0 amide bonds. The van der Waals surface area contributed by atoms with Crippen LogP contribution in [0.25, 0.3) is 10.9 Å². The van der Waals surface area contributed by atoms with Gasteiger partial charge in [0.25, 0.3) is 0 Å². The van der Waals surface area contributed by atoms with Gasteiger partial charge in [-0.05, 0) is 36.8 Å². The second-order valence-electron chi connectivity index (χ2n) is 4.91. The zero-order valence-electron chi connectivity index (χ0n) is 11.2. The molecule has 0 saturated heterocycles. The van der Waals surface area contributed by atoms with E-state index in [2.05, 4.69) is 22.5 Å². The molecule has 3 rings (SSSR count). The van der Waals surface area contributed by atoms with E-state index in [0.29, 0.717) is 0 Å². The molecule has 3 aromatic rings. The number of fused-ring (bicyclic) bond motifs is 1. The number of aromatic nitrogens is 1. The van der Waals surface area contributed by atoms with Crippen LogP contribution in [0.5, 0.6) is 0 Å². The van der Waals surface area contributed by atoms with Crippen molar-refractivity contribution < 1.29 is 5.11 Å². The van der Waals surface area contributed by atoms with Crippen LogP contribution in [0.2, 0.25) is 0 Å². The molecule has 1 atom stereocenters. The maximum absolute atomic E-state index is 10.4. The zero-order valence-corrected chi connectivity index (χ0v) is 12.0. The second-order valence-corrected chi connectivity index (χ2v) is 5.94. The van der Waals surface area contributed by atoms with Gasteiger partial charge in [-0.1, -0.05) is 30.3 Å². The van der Waals surface area contributed by atoms with Gasteiger partial charge in [0.1, 0.15) is 0 Å². The molecule has 3 heteroatoms. The summed E-state index contributed by atoms with van der Waals surface area (Å²) in [5, 5.41) is 13.6. The van der Waals surface area contributed by atoms with Crippen LogP contribution in [0.15, 0.2) is 54.0 Å². The third-order valence-electron chi connectivity index (χ3n) is 3.50. The van der Waals surface area contributed by atoms with Gasteiger partial charge in [-0.2, -0.15) is 0 Å². The molecule has 1 N–H and O–H groups in total. The minimum atomic E-state index is -0.437. The lowest BCUT2D eigenvalue weighted by molar-refractivity contribution is 0.166. The van der Waals surface area contributed by atoms with Crippen molar-refractivity contribution in [2.24, 2.45) is 0 Å². The van der Waals surface area contributed by atoms with Gasteiger partial charge in [-0.3, -0.25) is 4.98 Å². The van der Waals surface area contributed by atoms with Gasteiger partial charge >= 0.3 is 0 Å². The summed E-state index contributed by atoms with van der Waals surface area (Å²) in [5.41, 5.74) is 1.85. The van der Waals surface area contributed by atoms with E-state index in [0.717, 1.165) is 35.7 Å². The number of thiophene rings is 1. The molecular weight excluding hydrogens is 266 g/mol. The highest BCUT2D eigenvalue weighted by molar-refractivity contribution is 7.09. The van der Waals surface area contributed by atoms with Crippen molar-refractivity contribution in [1.29, 1.82) is 0 Å². The van der Waals surface area contributed by atoms with Crippen molar-refractivity contribution in [1.82, 2.24) is 4.98 Å². The average Bonchev–Trinajstić information content (AvgIpc) is 3.00. The molecule has 2 heterocycles. The number of hydrogen-bond donors (Lipinski definition) is 1. The van der Waals surface area contributed by atoms with E-state index >= 15 is 0 Å². The van der Waals surface area contributed by atoms with E-state index in [9.17, 15) is 5.11 Å². The van der Waals surface area contributed by atoms with Gasteiger partial charge in [-0.15, -0.1) is 11.3 Å². The Balaban J connectivity index is 1.70. The van der Waals surface area contributed by atoms with Crippen molar-refractivity contribution in [3.8, 4) is 0 Å². The Morgan fingerprint density at radius 2 is 2.00 bits per heavy atom. The number of rotatable bonds is 5. The Labute approximate surface area is 122 Å². The maximum atomic E-state index is 10.4. The number of benzene rings is 1. The van der Waals surface area contributed by atoms with Crippen LogP contribution in [0.4, 0.5) is 0 Å². The molecule has 102 valence electrons. The van der Waals surface area contributed by atoms with Crippen LogP contribution in [0.3, 0.4) is 0 Å². The first-order valence-corrected chi connectivity index (χ1v) is 7.76. The third-order valence-corrected chi connectivity index (χ3v) is 4.44. The second kappa shape index (κ2) is 6.16. The van der Waals surface area contributed by atoms with Crippen LogP contribution in [-0.4, -0.2) is 10.1 Å². The molecule has 0 aliphatic carbocycles. The molecule has 1 unspecified atom stereocenters. The fraction of sp³-hybridized carbons (Fsp3) is 0.235. The molecule has 0 saturated carbocycles. The minimum absolute atomic E-state index is 0.437. The summed E-state index contributed by atoms with van der Waals surface area (Å²) >= 11 is 1.78. The quantitative estimate of drug-likeness (QED) is 0.755. The van der Waals surface area contributed by atoms with Crippen molar-refractivity contribution >= 4 is 22.2 Å². The molecule has 0 bridgehead atoms. The monoisotopic (exact) mass is 283 g/mol. The van der Waals surface area contributed by atoms with Crippen LogP contribution in [0.1, 0.15) is 29.4 Å². The summed E-state index contributed by atoms with van der Waals surface area (Å²) in [7, 11) is 0. The van der Waals surface area contributed by atoms with Crippen LogP contribution in [0, 0.1) is 0 Å². The summed E-state index contributed by atoms with van der Waals surface area (Å²) in [6.07, 6.45) is 4.14. The van der Waals surface area contributed by atoms with Crippen molar-refractivity contribution in [3.05, 3.63) is 64.5 Å². The lowest BCUT2D eigenvalue weighted by Gasteiger charge is -2.12. The van der Waals surface area contributed by atoms with Gasteiger partial charge < -0.3 is 5.11 Å². The van der Waals surface area contributed by atoms with E-state index in [-0.39, 0.29) is 0 Å². The number of nitrogens with zero attached hydrogens (tertiary/aromatic N) is 1. The summed E-state index contributed by atoms with van der Waals surface area (Å²) in [5.74, 6) is 0.